The largest absolute Gasteiger partial charge is 0.316 e. The van der Waals surface area contributed by atoms with Crippen LogP contribution in [0.1, 0.15) is 29.3 Å². The Kier molecular flexibility index (Phi) is 3.33. The summed E-state index contributed by atoms with van der Waals surface area (Å²) in [5.41, 5.74) is 5.48. The lowest BCUT2D eigenvalue weighted by molar-refractivity contribution is 0.629. The summed E-state index contributed by atoms with van der Waals surface area (Å²) in [5, 5.41) is 7.93. The number of halogens is 1. The van der Waals surface area contributed by atoms with Gasteiger partial charge in [0.2, 0.25) is 0 Å². The molecule has 5 rings (SSSR count). The molecule has 26 heavy (non-hydrogen) atoms. The first-order chi connectivity index (χ1) is 12.6. The van der Waals surface area contributed by atoms with Gasteiger partial charge in [-0.1, -0.05) is 0 Å². The molecule has 1 unspecified atom stereocenters. The van der Waals surface area contributed by atoms with Crippen LogP contribution in [0.2, 0.25) is 0 Å². The van der Waals surface area contributed by atoms with Gasteiger partial charge in [0.05, 0.1) is 23.3 Å². The number of fused-ring (bicyclic) bond motifs is 2. The van der Waals surface area contributed by atoms with Crippen LogP contribution in [-0.2, 0) is 0 Å². The lowest BCUT2D eigenvalue weighted by Crippen LogP contribution is -2.08. The minimum absolute atomic E-state index is 0.332. The second-order valence-corrected chi connectivity index (χ2v) is 7.03. The highest BCUT2D eigenvalue weighted by atomic mass is 19.1. The summed E-state index contributed by atoms with van der Waals surface area (Å²) in [5.74, 6) is 0.0180. The van der Waals surface area contributed by atoms with Crippen molar-refractivity contribution in [3.8, 4) is 11.3 Å². The van der Waals surface area contributed by atoms with Gasteiger partial charge in [-0.25, -0.2) is 18.9 Å². The topological polar surface area (TPSA) is 59.5 Å². The Morgan fingerprint density at radius 2 is 2.00 bits per heavy atom. The van der Waals surface area contributed by atoms with Gasteiger partial charge in [0.15, 0.2) is 17.1 Å². The lowest BCUT2D eigenvalue weighted by atomic mass is 10.1. The molecule has 0 bridgehead atoms. The molecule has 1 saturated heterocycles. The molecular weight excluding hydrogens is 331 g/mol. The van der Waals surface area contributed by atoms with Crippen LogP contribution in [0.3, 0.4) is 0 Å². The number of nitrogens with one attached hydrogen (secondary N) is 1. The van der Waals surface area contributed by atoms with Gasteiger partial charge < -0.3 is 9.72 Å². The normalized spacial score (nSPS) is 17.6. The molecule has 4 aromatic rings. The average molecular weight is 350 g/mol. The van der Waals surface area contributed by atoms with E-state index in [-0.39, 0.29) is 5.82 Å². The standard InChI is InChI=1S/C19H19FN6/c1-11-5-16(24-26-8-12(2)22-18(11)26)14-6-15(20)19-23-17(10-25(19)9-14)13-3-4-21-7-13/h5-6,8-10,13,21H,3-4,7H2,1-2H3. The monoisotopic (exact) mass is 350 g/mol. The first-order valence-electron chi connectivity index (χ1n) is 8.81. The summed E-state index contributed by atoms with van der Waals surface area (Å²) in [7, 11) is 0. The molecule has 4 aromatic heterocycles. The number of pyridine rings is 1. The Labute approximate surface area is 149 Å². The molecule has 1 N–H and O–H groups in total. The molecule has 0 saturated carbocycles. The Bertz CT molecular complexity index is 1140. The van der Waals surface area contributed by atoms with Gasteiger partial charge in [-0.2, -0.15) is 5.10 Å². The number of rotatable bonds is 2. The minimum atomic E-state index is -0.332. The number of nitrogens with zero attached hydrogens (tertiary/aromatic N) is 5. The molecule has 0 aromatic carbocycles. The molecular formula is C19H19FN6. The zero-order chi connectivity index (χ0) is 17.8. The molecule has 1 aliphatic rings. The fourth-order valence-electron chi connectivity index (χ4n) is 3.71. The van der Waals surface area contributed by atoms with E-state index in [2.05, 4.69) is 20.4 Å². The smallest absolute Gasteiger partial charge is 0.173 e. The SMILES string of the molecule is Cc1cn2nc(-c3cc(F)c4nc(C5CCNC5)cn4c3)cc(C)c2n1. The molecule has 132 valence electrons. The van der Waals surface area contributed by atoms with Crippen molar-refractivity contribution in [1.82, 2.24) is 29.3 Å². The average Bonchev–Trinajstić information content (AvgIpc) is 3.32. The van der Waals surface area contributed by atoms with E-state index in [9.17, 15) is 4.39 Å². The molecule has 0 spiro atoms. The third-order valence-electron chi connectivity index (χ3n) is 5.03. The zero-order valence-electron chi connectivity index (χ0n) is 14.7. The summed E-state index contributed by atoms with van der Waals surface area (Å²) in [6.07, 6.45) is 6.75. The Hall–Kier alpha value is -2.80. The maximum Gasteiger partial charge on any atom is 0.173 e. The van der Waals surface area contributed by atoms with Crippen LogP contribution in [0.4, 0.5) is 4.39 Å². The zero-order valence-corrected chi connectivity index (χ0v) is 14.7. The quantitative estimate of drug-likeness (QED) is 0.604. The van der Waals surface area contributed by atoms with Crippen molar-refractivity contribution < 1.29 is 4.39 Å². The van der Waals surface area contributed by atoms with E-state index in [1.807, 2.05) is 38.5 Å². The first kappa shape index (κ1) is 15.5. The third kappa shape index (κ3) is 2.39. The first-order valence-corrected chi connectivity index (χ1v) is 8.81. The van der Waals surface area contributed by atoms with E-state index in [0.717, 1.165) is 47.7 Å². The van der Waals surface area contributed by atoms with Crippen molar-refractivity contribution in [3.05, 3.63) is 53.5 Å². The van der Waals surface area contributed by atoms with Gasteiger partial charge in [0.25, 0.3) is 0 Å². The predicted octanol–water partition coefficient (Wildman–Crippen LogP) is 2.88. The van der Waals surface area contributed by atoms with Crippen LogP contribution >= 0.6 is 0 Å². The van der Waals surface area contributed by atoms with Crippen LogP contribution in [-0.4, -0.2) is 37.1 Å². The second kappa shape index (κ2) is 5.60. The second-order valence-electron chi connectivity index (χ2n) is 7.03. The molecule has 1 atom stereocenters. The van der Waals surface area contributed by atoms with Crippen LogP contribution < -0.4 is 5.32 Å². The van der Waals surface area contributed by atoms with Gasteiger partial charge in [0, 0.05) is 30.4 Å². The van der Waals surface area contributed by atoms with Gasteiger partial charge in [0.1, 0.15) is 0 Å². The van der Waals surface area contributed by atoms with Crippen LogP contribution in [0, 0.1) is 19.7 Å². The van der Waals surface area contributed by atoms with Gasteiger partial charge in [-0.05, 0) is 44.5 Å². The maximum absolute atomic E-state index is 14.7. The van der Waals surface area contributed by atoms with Crippen molar-refractivity contribution in [3.63, 3.8) is 0 Å². The number of aromatic nitrogens is 5. The molecule has 7 heteroatoms. The number of hydrogen-bond acceptors (Lipinski definition) is 4. The lowest BCUT2D eigenvalue weighted by Gasteiger charge is -2.06. The molecule has 0 aliphatic carbocycles. The van der Waals surface area contributed by atoms with Crippen LogP contribution in [0.5, 0.6) is 0 Å². The highest BCUT2D eigenvalue weighted by molar-refractivity contribution is 5.64. The van der Waals surface area contributed by atoms with E-state index >= 15 is 0 Å². The summed E-state index contributed by atoms with van der Waals surface area (Å²) >= 11 is 0. The number of hydrogen-bond donors (Lipinski definition) is 1. The van der Waals surface area contributed by atoms with E-state index < -0.39 is 0 Å². The summed E-state index contributed by atoms with van der Waals surface area (Å²) in [6, 6.07) is 3.46. The van der Waals surface area contributed by atoms with Crippen LogP contribution in [0.15, 0.2) is 30.7 Å². The molecule has 1 fully saturated rings. The van der Waals surface area contributed by atoms with Gasteiger partial charge in [-0.15, -0.1) is 0 Å². The Morgan fingerprint density at radius 1 is 1.12 bits per heavy atom. The molecule has 0 amide bonds. The predicted molar refractivity (Wildman–Crippen MR) is 96.8 cm³/mol. The molecule has 5 heterocycles. The van der Waals surface area contributed by atoms with Crippen molar-refractivity contribution in [2.75, 3.05) is 13.1 Å². The van der Waals surface area contributed by atoms with Gasteiger partial charge in [-0.3, -0.25) is 0 Å². The molecule has 6 nitrogen and oxygen atoms in total. The number of aryl methyl sites for hydroxylation is 2. The Balaban J connectivity index is 1.64. The molecule has 1 aliphatic heterocycles. The summed E-state index contributed by atoms with van der Waals surface area (Å²) < 4.78 is 18.2. The van der Waals surface area contributed by atoms with Crippen LogP contribution in [0.25, 0.3) is 22.6 Å². The summed E-state index contributed by atoms with van der Waals surface area (Å²) in [4.78, 5) is 8.98. The van der Waals surface area contributed by atoms with Crippen molar-refractivity contribution in [1.29, 1.82) is 0 Å². The summed E-state index contributed by atoms with van der Waals surface area (Å²) in [6.45, 7) is 5.81. The van der Waals surface area contributed by atoms with Crippen molar-refractivity contribution in [2.45, 2.75) is 26.2 Å². The highest BCUT2D eigenvalue weighted by Gasteiger charge is 2.21. The van der Waals surface area contributed by atoms with E-state index in [4.69, 9.17) is 0 Å². The van der Waals surface area contributed by atoms with Crippen molar-refractivity contribution in [2.24, 2.45) is 0 Å². The maximum atomic E-state index is 14.7. The highest BCUT2D eigenvalue weighted by Crippen LogP contribution is 2.26. The van der Waals surface area contributed by atoms with Gasteiger partial charge >= 0.3 is 0 Å². The fourth-order valence-corrected chi connectivity index (χ4v) is 3.71. The van der Waals surface area contributed by atoms with E-state index in [0.29, 0.717) is 17.3 Å². The van der Waals surface area contributed by atoms with E-state index in [1.54, 1.807) is 8.92 Å². The minimum Gasteiger partial charge on any atom is -0.316 e. The van der Waals surface area contributed by atoms with Crippen molar-refractivity contribution >= 4 is 11.3 Å². The van der Waals surface area contributed by atoms with E-state index in [1.165, 1.54) is 6.07 Å². The third-order valence-corrected chi connectivity index (χ3v) is 5.03. The fraction of sp³-hybridized carbons (Fsp3) is 0.316. The molecule has 0 radical (unpaired) electrons. The Morgan fingerprint density at radius 3 is 2.81 bits per heavy atom. The number of imidazole rings is 2.